The topological polar surface area (TPSA) is 110 Å². The van der Waals surface area contributed by atoms with Gasteiger partial charge < -0.3 is 15.4 Å². The van der Waals surface area contributed by atoms with Crippen LogP contribution in [0.3, 0.4) is 0 Å². The maximum atomic E-state index is 12.3. The Morgan fingerprint density at radius 2 is 1.64 bits per heavy atom. The Kier molecular flexibility index (Phi) is 13.0. The van der Waals surface area contributed by atoms with Gasteiger partial charge in [0.05, 0.1) is 5.35 Å². The third-order valence-electron chi connectivity index (χ3n) is 5.67. The number of aromatic nitrogens is 2. The molecule has 228 valence electrons. The van der Waals surface area contributed by atoms with Crippen molar-refractivity contribution in [2.24, 2.45) is 0 Å². The highest BCUT2D eigenvalue weighted by molar-refractivity contribution is 9.11. The van der Waals surface area contributed by atoms with E-state index in [4.69, 9.17) is 5.73 Å². The highest BCUT2D eigenvalue weighted by Gasteiger charge is 2.35. The van der Waals surface area contributed by atoms with Gasteiger partial charge in [0.15, 0.2) is 0 Å². The summed E-state index contributed by atoms with van der Waals surface area (Å²) < 4.78 is 66.7. The van der Waals surface area contributed by atoms with E-state index in [0.29, 0.717) is 10.4 Å². The second-order valence-corrected chi connectivity index (χ2v) is 12.1. The predicted octanol–water partition coefficient (Wildman–Crippen LogP) is 4.86. The fourth-order valence-corrected chi connectivity index (χ4v) is 4.93. The van der Waals surface area contributed by atoms with Gasteiger partial charge in [0, 0.05) is 36.6 Å². The van der Waals surface area contributed by atoms with Gasteiger partial charge in [-0.1, -0.05) is 87.8 Å². The lowest BCUT2D eigenvalue weighted by atomic mass is 10.2. The molecule has 0 saturated heterocycles. The number of hydrogen-bond acceptors (Lipinski definition) is 7. The number of nitrogens with zero attached hydrogens (tertiary/aromatic N) is 3. The van der Waals surface area contributed by atoms with E-state index in [0.717, 1.165) is 29.9 Å². The zero-order chi connectivity index (χ0) is 31.5. The number of aryl methyl sites for hydroxylation is 2. The van der Waals surface area contributed by atoms with E-state index in [2.05, 4.69) is 80.9 Å². The Morgan fingerprint density at radius 1 is 1.02 bits per heavy atom. The second kappa shape index (κ2) is 15.7. The summed E-state index contributed by atoms with van der Waals surface area (Å²) in [5.74, 6) is 0.549. The lowest BCUT2D eigenvalue weighted by Crippen LogP contribution is -2.35. The van der Waals surface area contributed by atoms with Crippen LogP contribution in [0.25, 0.3) is 12.2 Å². The van der Waals surface area contributed by atoms with Gasteiger partial charge in [-0.25, -0.2) is 18.1 Å². The van der Waals surface area contributed by atoms with Gasteiger partial charge in [0.25, 0.3) is 0 Å². The molecule has 1 heterocycles. The van der Waals surface area contributed by atoms with Crippen molar-refractivity contribution in [3.05, 3.63) is 91.5 Å². The van der Waals surface area contributed by atoms with E-state index in [1.807, 2.05) is 35.9 Å². The molecule has 0 spiro atoms. The van der Waals surface area contributed by atoms with Crippen LogP contribution in [0, 0.1) is 13.8 Å². The Balaban J connectivity index is 0.000000237. The molecule has 13 heteroatoms. The van der Waals surface area contributed by atoms with Crippen LogP contribution in [0.2, 0.25) is 0 Å². The summed E-state index contributed by atoms with van der Waals surface area (Å²) in [4.78, 5) is 9.98. The summed E-state index contributed by atoms with van der Waals surface area (Å²) in [6, 6.07) is 8.48. The molecule has 0 unspecified atom stereocenters. The smallest absolute Gasteiger partial charge is 0.409 e. The molecule has 0 atom stereocenters. The van der Waals surface area contributed by atoms with Crippen LogP contribution < -0.4 is 25.9 Å². The van der Waals surface area contributed by atoms with Gasteiger partial charge in [-0.2, -0.15) is 4.98 Å². The molecular formula is C29H35BrF3N5O3S. The Hall–Kier alpha value is -3.42. The third kappa shape index (κ3) is 11.5. The first-order valence-corrected chi connectivity index (χ1v) is 15.0. The molecule has 0 amide bonds. The molecule has 42 heavy (non-hydrogen) atoms. The maximum Gasteiger partial charge on any atom is 0.572 e. The third-order valence-corrected chi connectivity index (χ3v) is 7.83. The van der Waals surface area contributed by atoms with Crippen LogP contribution in [0.5, 0.6) is 0 Å². The van der Waals surface area contributed by atoms with Crippen LogP contribution >= 0.6 is 15.9 Å². The van der Waals surface area contributed by atoms with Crippen LogP contribution in [0.4, 0.5) is 24.9 Å². The van der Waals surface area contributed by atoms with E-state index < -0.39 is 27.0 Å². The number of nitrogen functional groups attached to an aromatic ring is 1. The molecule has 2 aromatic rings. The van der Waals surface area contributed by atoms with Crippen LogP contribution in [0.15, 0.2) is 69.8 Å². The maximum absolute atomic E-state index is 12.3. The van der Waals surface area contributed by atoms with Crippen molar-refractivity contribution in [1.82, 2.24) is 14.7 Å². The molecule has 8 nitrogen and oxygen atoms in total. The fourth-order valence-electron chi connectivity index (χ4n) is 3.59. The van der Waals surface area contributed by atoms with Crippen molar-refractivity contribution >= 4 is 49.9 Å². The number of rotatable bonds is 4. The minimum Gasteiger partial charge on any atom is -0.409 e. The van der Waals surface area contributed by atoms with E-state index in [-0.39, 0.29) is 12.8 Å². The number of fused-ring (bicyclic) bond motifs is 1. The van der Waals surface area contributed by atoms with Gasteiger partial charge >= 0.3 is 6.36 Å². The van der Waals surface area contributed by atoms with Crippen molar-refractivity contribution in [2.45, 2.75) is 39.5 Å². The highest BCUT2D eigenvalue weighted by atomic mass is 79.9. The molecule has 1 aromatic carbocycles. The lowest BCUT2D eigenvalue weighted by Gasteiger charge is -2.17. The predicted molar refractivity (Wildman–Crippen MR) is 166 cm³/mol. The molecule has 0 fully saturated rings. The number of hydrogen-bond donors (Lipinski definition) is 2. The molecule has 4 rings (SSSR count). The van der Waals surface area contributed by atoms with E-state index in [9.17, 15) is 21.6 Å². The van der Waals surface area contributed by atoms with Crippen LogP contribution in [0.1, 0.15) is 30.4 Å². The van der Waals surface area contributed by atoms with Gasteiger partial charge in [-0.05, 0) is 33.4 Å². The molecule has 0 radical (unpaired) electrons. The summed E-state index contributed by atoms with van der Waals surface area (Å²) in [6.45, 7) is 4.19. The number of anilines is 2. The number of sulfonamides is 1. The standard InChI is InChI=1S/C11H14N4.C10H11BrF3NO3S.C8H10/c1-15(2)10-8-6-4-3-5-7-9(8)13-11(12)14-10;1-15-19(16,17)9-4-2-3-7(11)5-6-8(9)18-10(12,13)14;1-7-3-5-8(2)6-4-7/h3-4,6-7H,5H2,1-2H3,(H2,12,13);2-3,5,15H,4,6H2,1H3;3-6H,1-2H3/b;3-2?,7-5+,9-8-;. The first-order chi connectivity index (χ1) is 19.6. The summed E-state index contributed by atoms with van der Waals surface area (Å²) in [5, 5.41) is 1.94. The van der Waals surface area contributed by atoms with Gasteiger partial charge in [-0.3, -0.25) is 0 Å². The number of halogens is 4. The summed E-state index contributed by atoms with van der Waals surface area (Å²) in [7, 11) is 1.03. The molecule has 2 aliphatic carbocycles. The average Bonchev–Trinajstić information content (AvgIpc) is 3.14. The average molecular weight is 671 g/mol. The first kappa shape index (κ1) is 34.8. The number of nitrogens with two attached hydrogens (primary N) is 1. The van der Waals surface area contributed by atoms with Crippen molar-refractivity contribution in [3.63, 3.8) is 0 Å². The zero-order valence-electron chi connectivity index (χ0n) is 24.0. The van der Waals surface area contributed by atoms with Gasteiger partial charge in [0.1, 0.15) is 16.5 Å². The van der Waals surface area contributed by atoms with Gasteiger partial charge in [-0.15, -0.1) is 13.2 Å². The normalized spacial score (nSPS) is 17.6. The van der Waals surface area contributed by atoms with Crippen LogP contribution in [-0.4, -0.2) is 45.9 Å². The highest BCUT2D eigenvalue weighted by Crippen LogP contribution is 2.30. The summed E-state index contributed by atoms with van der Waals surface area (Å²) in [5.41, 5.74) is 8.33. The molecule has 0 saturated carbocycles. The van der Waals surface area contributed by atoms with E-state index in [1.54, 1.807) is 6.08 Å². The van der Waals surface area contributed by atoms with Crippen molar-refractivity contribution < 1.29 is 26.3 Å². The van der Waals surface area contributed by atoms with E-state index >= 15 is 0 Å². The number of allylic oxidation sites excluding steroid dienone is 7. The number of ether oxygens (including phenoxy) is 1. The van der Waals surface area contributed by atoms with Crippen LogP contribution in [-0.2, 0) is 14.8 Å². The molecule has 1 aromatic heterocycles. The number of nitrogens with one attached hydrogen (secondary N) is 1. The number of benzene rings is 1. The van der Waals surface area contributed by atoms with E-state index in [1.165, 1.54) is 23.3 Å². The summed E-state index contributed by atoms with van der Waals surface area (Å²) >= 11 is 3.12. The zero-order valence-corrected chi connectivity index (χ0v) is 26.4. The minimum absolute atomic E-state index is 0.183. The van der Waals surface area contributed by atoms with Gasteiger partial charge in [0.2, 0.25) is 16.0 Å². The number of alkyl halides is 3. The van der Waals surface area contributed by atoms with Crippen molar-refractivity contribution in [1.29, 1.82) is 0 Å². The monoisotopic (exact) mass is 669 g/mol. The Bertz CT molecular complexity index is 1560. The molecule has 0 aliphatic heterocycles. The molecule has 0 bridgehead atoms. The SMILES string of the molecule is CN(C)c1nc(N)nc2c1=CC=CCC=2.CNS(=O)(=O)/C1=C(\OC(F)(F)F)C/C=C(/Br)C=CC1.Cc1ccc(C)cc1. The minimum atomic E-state index is -4.94. The fraction of sp³-hybridized carbons (Fsp3) is 0.310. The summed E-state index contributed by atoms with van der Waals surface area (Å²) in [6.07, 6.45) is 8.05. The molecule has 2 aliphatic rings. The Morgan fingerprint density at radius 3 is 2.19 bits per heavy atom. The largest absolute Gasteiger partial charge is 0.572 e. The second-order valence-electron chi connectivity index (χ2n) is 9.29. The molecular weight excluding hydrogens is 635 g/mol. The van der Waals surface area contributed by atoms with Crippen molar-refractivity contribution in [3.8, 4) is 0 Å². The molecule has 3 N–H and O–H groups in total. The van der Waals surface area contributed by atoms with Crippen molar-refractivity contribution in [2.75, 3.05) is 31.8 Å². The first-order valence-electron chi connectivity index (χ1n) is 12.8. The Labute approximate surface area is 253 Å². The quantitative estimate of drug-likeness (QED) is 0.478. The lowest BCUT2D eigenvalue weighted by molar-refractivity contribution is -0.306.